The van der Waals surface area contributed by atoms with E-state index in [9.17, 15) is 13.6 Å². The zero-order valence-corrected chi connectivity index (χ0v) is 10.7. The summed E-state index contributed by atoms with van der Waals surface area (Å²) in [6, 6.07) is 10.5. The summed E-state index contributed by atoms with van der Waals surface area (Å²) in [5.41, 5.74) is 7.47. The second-order valence-corrected chi connectivity index (χ2v) is 4.34. The highest BCUT2D eigenvalue weighted by atomic mass is 19.2. The summed E-state index contributed by atoms with van der Waals surface area (Å²) in [5, 5.41) is 2.64. The molecule has 0 aliphatic carbocycles. The van der Waals surface area contributed by atoms with Crippen molar-refractivity contribution in [3.63, 3.8) is 0 Å². The third-order valence-corrected chi connectivity index (χ3v) is 2.86. The average molecular weight is 276 g/mol. The Morgan fingerprint density at radius 3 is 2.50 bits per heavy atom. The van der Waals surface area contributed by atoms with Crippen molar-refractivity contribution in [2.45, 2.75) is 13.1 Å². The monoisotopic (exact) mass is 276 g/mol. The summed E-state index contributed by atoms with van der Waals surface area (Å²) < 4.78 is 25.8. The van der Waals surface area contributed by atoms with Crippen molar-refractivity contribution in [3.8, 4) is 0 Å². The molecule has 0 saturated heterocycles. The number of amides is 1. The summed E-state index contributed by atoms with van der Waals surface area (Å²) >= 11 is 0. The maximum atomic E-state index is 13.0. The summed E-state index contributed by atoms with van der Waals surface area (Å²) in [4.78, 5) is 11.8. The molecule has 1 amide bonds. The van der Waals surface area contributed by atoms with Crippen LogP contribution in [0.5, 0.6) is 0 Å². The number of carbonyl (C=O) groups is 1. The zero-order chi connectivity index (χ0) is 14.5. The number of carbonyl (C=O) groups excluding carboxylic acids is 1. The lowest BCUT2D eigenvalue weighted by Gasteiger charge is -2.07. The topological polar surface area (TPSA) is 55.1 Å². The fourth-order valence-corrected chi connectivity index (χ4v) is 1.79. The first-order valence-electron chi connectivity index (χ1n) is 6.11. The highest BCUT2D eigenvalue weighted by molar-refractivity contribution is 5.94. The molecule has 0 spiro atoms. The van der Waals surface area contributed by atoms with E-state index in [-0.39, 0.29) is 5.56 Å². The van der Waals surface area contributed by atoms with E-state index in [1.807, 2.05) is 24.3 Å². The van der Waals surface area contributed by atoms with Gasteiger partial charge < -0.3 is 11.1 Å². The molecule has 0 saturated carbocycles. The van der Waals surface area contributed by atoms with E-state index >= 15 is 0 Å². The molecule has 2 rings (SSSR count). The number of nitrogens with one attached hydrogen (secondary N) is 1. The molecule has 0 heterocycles. The van der Waals surface area contributed by atoms with Gasteiger partial charge >= 0.3 is 0 Å². The number of halogens is 2. The molecule has 3 nitrogen and oxygen atoms in total. The molecule has 5 heteroatoms. The van der Waals surface area contributed by atoms with Crippen LogP contribution in [0.2, 0.25) is 0 Å². The lowest BCUT2D eigenvalue weighted by molar-refractivity contribution is 0.0950. The highest BCUT2D eigenvalue weighted by Crippen LogP contribution is 2.09. The molecule has 2 aromatic carbocycles. The van der Waals surface area contributed by atoms with Crippen molar-refractivity contribution in [3.05, 3.63) is 70.8 Å². The SMILES string of the molecule is NCc1cccc(CNC(=O)c2ccc(F)c(F)c2)c1. The molecule has 2 aromatic rings. The largest absolute Gasteiger partial charge is 0.348 e. The van der Waals surface area contributed by atoms with E-state index in [4.69, 9.17) is 5.73 Å². The standard InChI is InChI=1S/C15H14F2N2O/c16-13-5-4-12(7-14(13)17)15(20)19-9-11-3-1-2-10(6-11)8-18/h1-7H,8-9,18H2,(H,19,20). The first kappa shape index (κ1) is 14.1. The first-order valence-corrected chi connectivity index (χ1v) is 6.11. The van der Waals surface area contributed by atoms with Gasteiger partial charge in [0.1, 0.15) is 0 Å². The quantitative estimate of drug-likeness (QED) is 0.900. The van der Waals surface area contributed by atoms with Gasteiger partial charge in [-0.1, -0.05) is 24.3 Å². The van der Waals surface area contributed by atoms with Crippen LogP contribution in [0.3, 0.4) is 0 Å². The van der Waals surface area contributed by atoms with Crippen LogP contribution in [0.4, 0.5) is 8.78 Å². The van der Waals surface area contributed by atoms with Crippen LogP contribution in [-0.4, -0.2) is 5.91 Å². The van der Waals surface area contributed by atoms with Crippen LogP contribution in [-0.2, 0) is 13.1 Å². The molecule has 3 N–H and O–H groups in total. The lowest BCUT2D eigenvalue weighted by atomic mass is 10.1. The fraction of sp³-hybridized carbons (Fsp3) is 0.133. The van der Waals surface area contributed by atoms with Gasteiger partial charge in [0.15, 0.2) is 11.6 Å². The van der Waals surface area contributed by atoms with E-state index in [0.29, 0.717) is 13.1 Å². The maximum Gasteiger partial charge on any atom is 0.251 e. The van der Waals surface area contributed by atoms with Crippen molar-refractivity contribution >= 4 is 5.91 Å². The van der Waals surface area contributed by atoms with Gasteiger partial charge in [0, 0.05) is 18.7 Å². The maximum absolute atomic E-state index is 13.0. The van der Waals surface area contributed by atoms with Crippen LogP contribution in [0, 0.1) is 11.6 Å². The van der Waals surface area contributed by atoms with Gasteiger partial charge in [-0.15, -0.1) is 0 Å². The van der Waals surface area contributed by atoms with Crippen molar-refractivity contribution < 1.29 is 13.6 Å². The molecule has 0 radical (unpaired) electrons. The Morgan fingerprint density at radius 2 is 1.80 bits per heavy atom. The minimum absolute atomic E-state index is 0.0823. The van der Waals surface area contributed by atoms with Crippen LogP contribution < -0.4 is 11.1 Å². The summed E-state index contributed by atoms with van der Waals surface area (Å²) in [6.07, 6.45) is 0. The van der Waals surface area contributed by atoms with Crippen LogP contribution in [0.15, 0.2) is 42.5 Å². The highest BCUT2D eigenvalue weighted by Gasteiger charge is 2.09. The average Bonchev–Trinajstić information content (AvgIpc) is 2.47. The van der Waals surface area contributed by atoms with Gasteiger partial charge in [-0.2, -0.15) is 0 Å². The van der Waals surface area contributed by atoms with E-state index in [1.165, 1.54) is 6.07 Å². The van der Waals surface area contributed by atoms with Crippen LogP contribution in [0.1, 0.15) is 21.5 Å². The van der Waals surface area contributed by atoms with Crippen LogP contribution in [0.25, 0.3) is 0 Å². The molecule has 0 aromatic heterocycles. The fourth-order valence-electron chi connectivity index (χ4n) is 1.79. The van der Waals surface area contributed by atoms with Gasteiger partial charge in [0.25, 0.3) is 5.91 Å². The summed E-state index contributed by atoms with van der Waals surface area (Å²) in [6.45, 7) is 0.719. The van der Waals surface area contributed by atoms with Gasteiger partial charge in [-0.05, 0) is 29.3 Å². The normalized spacial score (nSPS) is 10.3. The Bertz CT molecular complexity index is 629. The van der Waals surface area contributed by atoms with E-state index in [0.717, 1.165) is 23.3 Å². The van der Waals surface area contributed by atoms with Crippen molar-refractivity contribution in [1.29, 1.82) is 0 Å². The Balaban J connectivity index is 2.02. The molecular weight excluding hydrogens is 262 g/mol. The Morgan fingerprint density at radius 1 is 1.05 bits per heavy atom. The number of hydrogen-bond acceptors (Lipinski definition) is 2. The molecule has 0 unspecified atom stereocenters. The molecular formula is C15H14F2N2O. The van der Waals surface area contributed by atoms with E-state index in [1.54, 1.807) is 0 Å². The van der Waals surface area contributed by atoms with Gasteiger partial charge in [0.05, 0.1) is 0 Å². The summed E-state index contributed by atoms with van der Waals surface area (Å²) in [7, 11) is 0. The second kappa shape index (κ2) is 6.25. The van der Waals surface area contributed by atoms with Gasteiger partial charge in [-0.3, -0.25) is 4.79 Å². The molecule has 0 bridgehead atoms. The van der Waals surface area contributed by atoms with Crippen molar-refractivity contribution in [2.75, 3.05) is 0 Å². The molecule has 0 aliphatic rings. The zero-order valence-electron chi connectivity index (χ0n) is 10.7. The third-order valence-electron chi connectivity index (χ3n) is 2.86. The Labute approximate surface area is 115 Å². The Kier molecular flexibility index (Phi) is 4.42. The van der Waals surface area contributed by atoms with Gasteiger partial charge in [-0.25, -0.2) is 8.78 Å². The molecule has 0 aliphatic heterocycles. The predicted molar refractivity (Wildman–Crippen MR) is 71.9 cm³/mol. The molecule has 104 valence electrons. The Hall–Kier alpha value is -2.27. The first-order chi connectivity index (χ1) is 9.60. The number of rotatable bonds is 4. The number of benzene rings is 2. The minimum atomic E-state index is -1.04. The number of hydrogen-bond donors (Lipinski definition) is 2. The van der Waals surface area contributed by atoms with Crippen molar-refractivity contribution in [1.82, 2.24) is 5.32 Å². The second-order valence-electron chi connectivity index (χ2n) is 4.34. The lowest BCUT2D eigenvalue weighted by Crippen LogP contribution is -2.23. The smallest absolute Gasteiger partial charge is 0.251 e. The van der Waals surface area contributed by atoms with Gasteiger partial charge in [0.2, 0.25) is 0 Å². The van der Waals surface area contributed by atoms with Crippen LogP contribution >= 0.6 is 0 Å². The molecule has 0 atom stereocenters. The van der Waals surface area contributed by atoms with Crippen molar-refractivity contribution in [2.24, 2.45) is 5.73 Å². The number of nitrogens with two attached hydrogens (primary N) is 1. The minimum Gasteiger partial charge on any atom is -0.348 e. The van der Waals surface area contributed by atoms with E-state index < -0.39 is 17.5 Å². The predicted octanol–water partition coefficient (Wildman–Crippen LogP) is 2.35. The van der Waals surface area contributed by atoms with E-state index in [2.05, 4.69) is 5.32 Å². The third kappa shape index (κ3) is 3.39. The molecule has 20 heavy (non-hydrogen) atoms. The molecule has 0 fully saturated rings. The summed E-state index contributed by atoms with van der Waals surface area (Å²) in [5.74, 6) is -2.47.